The van der Waals surface area contributed by atoms with Crippen molar-refractivity contribution >= 4 is 5.91 Å². The quantitative estimate of drug-likeness (QED) is 0.0441. The molecule has 0 aromatic carbocycles. The molecule has 1 heterocycles. The number of carbonyl (C=O) groups excluding carboxylic acids is 1. The Hall–Kier alpha value is -1.07. The molecule has 1 fully saturated rings. The van der Waals surface area contributed by atoms with Crippen molar-refractivity contribution in [3.8, 4) is 0 Å². The van der Waals surface area contributed by atoms with E-state index in [9.17, 15) is 30.3 Å². The maximum atomic E-state index is 12.8. The number of nitrogens with one attached hydrogen (secondary N) is 1. The number of allylic oxidation sites excluding steroid dienone is 1. The molecule has 1 aliphatic rings. The van der Waals surface area contributed by atoms with Crippen molar-refractivity contribution in [2.45, 2.75) is 198 Å². The summed E-state index contributed by atoms with van der Waals surface area (Å²) in [7, 11) is 0. The molecule has 266 valence electrons. The summed E-state index contributed by atoms with van der Waals surface area (Å²) in [5.74, 6) is -0.182. The van der Waals surface area contributed by atoms with Gasteiger partial charge in [0.05, 0.1) is 25.4 Å². The predicted molar refractivity (Wildman–Crippen MR) is 180 cm³/mol. The highest BCUT2D eigenvalue weighted by atomic mass is 16.7. The van der Waals surface area contributed by atoms with E-state index in [1.165, 1.54) is 96.3 Å². The number of hydrogen-bond acceptors (Lipinski definition) is 8. The van der Waals surface area contributed by atoms with Gasteiger partial charge in [-0.2, -0.15) is 0 Å². The first-order chi connectivity index (χ1) is 21.8. The second-order valence-electron chi connectivity index (χ2n) is 13.0. The third-order valence-corrected chi connectivity index (χ3v) is 8.86. The van der Waals surface area contributed by atoms with Crippen molar-refractivity contribution in [1.82, 2.24) is 5.32 Å². The molecule has 0 aliphatic carbocycles. The van der Waals surface area contributed by atoms with Gasteiger partial charge in [0, 0.05) is 6.42 Å². The fourth-order valence-corrected chi connectivity index (χ4v) is 5.80. The van der Waals surface area contributed by atoms with E-state index in [4.69, 9.17) is 9.47 Å². The van der Waals surface area contributed by atoms with Crippen LogP contribution >= 0.6 is 0 Å². The van der Waals surface area contributed by atoms with Crippen LogP contribution in [-0.2, 0) is 14.3 Å². The second-order valence-corrected chi connectivity index (χ2v) is 13.0. The SMILES string of the molecule is CCCCCCCCCCCCCC=CC(O)C(CO[C@@H]1O[C@H](CO)[C@H](O)[C@H](O)[C@H]1O)NC(=O)CCCCCCCCCCC. The van der Waals surface area contributed by atoms with Crippen LogP contribution in [0.4, 0.5) is 0 Å². The molecule has 0 spiro atoms. The summed E-state index contributed by atoms with van der Waals surface area (Å²) in [6, 6.07) is -0.794. The molecule has 45 heavy (non-hydrogen) atoms. The smallest absolute Gasteiger partial charge is 0.220 e. The van der Waals surface area contributed by atoms with Crippen LogP contribution in [0.15, 0.2) is 12.2 Å². The molecule has 2 unspecified atom stereocenters. The zero-order chi connectivity index (χ0) is 33.1. The molecule has 9 heteroatoms. The van der Waals surface area contributed by atoms with Crippen molar-refractivity contribution in [2.24, 2.45) is 0 Å². The number of unbranched alkanes of at least 4 members (excludes halogenated alkanes) is 19. The highest BCUT2D eigenvalue weighted by Gasteiger charge is 2.44. The Morgan fingerprint density at radius 2 is 1.22 bits per heavy atom. The third kappa shape index (κ3) is 20.0. The number of hydrogen-bond donors (Lipinski definition) is 6. The fourth-order valence-electron chi connectivity index (χ4n) is 5.80. The minimum atomic E-state index is -1.56. The van der Waals surface area contributed by atoms with Crippen molar-refractivity contribution in [1.29, 1.82) is 0 Å². The van der Waals surface area contributed by atoms with Gasteiger partial charge in [-0.05, 0) is 19.3 Å². The van der Waals surface area contributed by atoms with Crippen LogP contribution < -0.4 is 5.32 Å². The summed E-state index contributed by atoms with van der Waals surface area (Å²) >= 11 is 0. The predicted octanol–water partition coefficient (Wildman–Crippen LogP) is 5.83. The van der Waals surface area contributed by atoms with Gasteiger partial charge < -0.3 is 40.3 Å². The molecule has 1 amide bonds. The summed E-state index contributed by atoms with van der Waals surface area (Å²) < 4.78 is 11.1. The number of aliphatic hydroxyl groups excluding tert-OH is 5. The molecule has 9 nitrogen and oxygen atoms in total. The average Bonchev–Trinajstić information content (AvgIpc) is 3.04. The molecule has 0 saturated carbocycles. The van der Waals surface area contributed by atoms with Gasteiger partial charge in [0.2, 0.25) is 5.91 Å². The molecule has 7 atom stereocenters. The minimum absolute atomic E-state index is 0.182. The topological polar surface area (TPSA) is 149 Å². The lowest BCUT2D eigenvalue weighted by Crippen LogP contribution is -2.60. The number of carbonyl (C=O) groups is 1. The molecule has 6 N–H and O–H groups in total. The molecular weight excluding hydrogens is 574 g/mol. The summed E-state index contributed by atoms with van der Waals surface area (Å²) in [4.78, 5) is 12.8. The zero-order valence-corrected chi connectivity index (χ0v) is 28.6. The van der Waals surface area contributed by atoms with E-state index in [-0.39, 0.29) is 12.5 Å². The van der Waals surface area contributed by atoms with Gasteiger partial charge in [-0.3, -0.25) is 4.79 Å². The molecule has 1 saturated heterocycles. The highest BCUT2D eigenvalue weighted by molar-refractivity contribution is 5.76. The number of ether oxygens (including phenoxy) is 2. The Kier molecular flexibility index (Phi) is 26.1. The Bertz CT molecular complexity index is 721. The van der Waals surface area contributed by atoms with Gasteiger partial charge in [-0.15, -0.1) is 0 Å². The summed E-state index contributed by atoms with van der Waals surface area (Å²) in [6.07, 6.45) is 21.1. The van der Waals surface area contributed by atoms with E-state index in [1.54, 1.807) is 6.08 Å². The van der Waals surface area contributed by atoms with Crippen LogP contribution in [0.5, 0.6) is 0 Å². The number of rotatable bonds is 29. The normalized spacial score (nSPS) is 23.4. The van der Waals surface area contributed by atoms with Crippen LogP contribution in [0.2, 0.25) is 0 Å². The van der Waals surface area contributed by atoms with E-state index in [0.717, 1.165) is 38.5 Å². The Morgan fingerprint density at radius 3 is 1.73 bits per heavy atom. The van der Waals surface area contributed by atoms with Crippen LogP contribution in [-0.4, -0.2) is 87.5 Å². The van der Waals surface area contributed by atoms with Crippen molar-refractivity contribution < 1.29 is 39.8 Å². The van der Waals surface area contributed by atoms with Gasteiger partial charge in [0.15, 0.2) is 6.29 Å². The lowest BCUT2D eigenvalue weighted by atomic mass is 9.99. The molecule has 0 bridgehead atoms. The Balaban J connectivity index is 2.49. The zero-order valence-electron chi connectivity index (χ0n) is 28.6. The van der Waals surface area contributed by atoms with Gasteiger partial charge in [-0.25, -0.2) is 0 Å². The van der Waals surface area contributed by atoms with Gasteiger partial charge in [0.25, 0.3) is 0 Å². The molecule has 0 aromatic heterocycles. The molecule has 1 aliphatic heterocycles. The van der Waals surface area contributed by atoms with E-state index in [0.29, 0.717) is 6.42 Å². The lowest BCUT2D eigenvalue weighted by molar-refractivity contribution is -0.302. The monoisotopic (exact) mass is 644 g/mol. The largest absolute Gasteiger partial charge is 0.394 e. The van der Waals surface area contributed by atoms with Crippen molar-refractivity contribution in [3.05, 3.63) is 12.2 Å². The second kappa shape index (κ2) is 28.0. The summed E-state index contributed by atoms with van der Waals surface area (Å²) in [5, 5.41) is 53.7. The molecular formula is C36H69NO8. The first-order valence-corrected chi connectivity index (χ1v) is 18.4. The standard InChI is InChI=1S/C36H69NO8/c1-3-5-7-9-11-13-14-15-16-18-19-21-23-25-30(39)29(28-44-36-35(43)34(42)33(41)31(27-38)45-36)37-32(40)26-24-22-20-17-12-10-8-6-4-2/h23,25,29-31,33-36,38-39,41-43H,3-22,24,26-28H2,1-2H3,(H,37,40)/t29?,30?,31-,33+,34+,35-,36-/m1/s1. The Labute approximate surface area is 274 Å². The van der Waals surface area contributed by atoms with Gasteiger partial charge in [-0.1, -0.05) is 142 Å². The van der Waals surface area contributed by atoms with E-state index >= 15 is 0 Å². The van der Waals surface area contributed by atoms with Crippen molar-refractivity contribution in [3.63, 3.8) is 0 Å². The minimum Gasteiger partial charge on any atom is -0.394 e. The molecule has 0 aromatic rings. The summed E-state index contributed by atoms with van der Waals surface area (Å²) in [6.45, 7) is 3.71. The van der Waals surface area contributed by atoms with Crippen LogP contribution in [0.3, 0.4) is 0 Å². The van der Waals surface area contributed by atoms with Gasteiger partial charge in [0.1, 0.15) is 24.4 Å². The molecule has 1 rings (SSSR count). The van der Waals surface area contributed by atoms with Crippen molar-refractivity contribution in [2.75, 3.05) is 13.2 Å². The van der Waals surface area contributed by atoms with E-state index < -0.39 is 49.5 Å². The average molecular weight is 644 g/mol. The van der Waals surface area contributed by atoms with Crippen LogP contribution in [0.1, 0.15) is 155 Å². The third-order valence-electron chi connectivity index (χ3n) is 8.86. The Morgan fingerprint density at radius 1 is 0.733 bits per heavy atom. The first kappa shape index (κ1) is 42.0. The number of amides is 1. The van der Waals surface area contributed by atoms with E-state index in [1.807, 2.05) is 6.08 Å². The van der Waals surface area contributed by atoms with E-state index in [2.05, 4.69) is 19.2 Å². The van der Waals surface area contributed by atoms with Gasteiger partial charge >= 0.3 is 0 Å². The van der Waals surface area contributed by atoms with Crippen LogP contribution in [0.25, 0.3) is 0 Å². The molecule has 0 radical (unpaired) electrons. The highest BCUT2D eigenvalue weighted by Crippen LogP contribution is 2.22. The maximum Gasteiger partial charge on any atom is 0.220 e. The maximum absolute atomic E-state index is 12.8. The lowest BCUT2D eigenvalue weighted by Gasteiger charge is -2.40. The fraction of sp³-hybridized carbons (Fsp3) is 0.917. The number of aliphatic hydroxyl groups is 5. The first-order valence-electron chi connectivity index (χ1n) is 18.4. The van der Waals surface area contributed by atoms with Crippen LogP contribution in [0, 0.1) is 0 Å². The summed E-state index contributed by atoms with van der Waals surface area (Å²) in [5.41, 5.74) is 0.